The van der Waals surface area contributed by atoms with Gasteiger partial charge in [0.15, 0.2) is 6.04 Å². The summed E-state index contributed by atoms with van der Waals surface area (Å²) in [5, 5.41) is 18.2. The van der Waals surface area contributed by atoms with Crippen molar-refractivity contribution in [2.75, 3.05) is 6.54 Å². The third kappa shape index (κ3) is 4.94. The third-order valence-electron chi connectivity index (χ3n) is 1.57. The number of hydrogen-bond donors (Lipinski definition) is 3. The predicted octanol–water partition coefficient (Wildman–Crippen LogP) is 0.498. The molecule has 1 amide bonds. The van der Waals surface area contributed by atoms with Gasteiger partial charge in [0.05, 0.1) is 5.60 Å². The maximum absolute atomic E-state index is 10.9. The summed E-state index contributed by atoms with van der Waals surface area (Å²) in [5.41, 5.74) is 4.44. The molecule has 7 nitrogen and oxygen atoms in total. The molecule has 0 aromatic heterocycles. The molecule has 0 aromatic carbocycles. The average molecular weight is 234 g/mol. The quantitative estimate of drug-likeness (QED) is 0.597. The Bertz CT molecular complexity index is 261. The second-order valence-corrected chi connectivity index (χ2v) is 4.24. The highest BCUT2D eigenvalue weighted by atomic mass is 16.7. The van der Waals surface area contributed by atoms with Gasteiger partial charge >= 0.3 is 12.1 Å². The second-order valence-electron chi connectivity index (χ2n) is 4.24. The van der Waals surface area contributed by atoms with Crippen LogP contribution in [0.15, 0.2) is 0 Å². The molecule has 0 aromatic rings. The van der Waals surface area contributed by atoms with E-state index < -0.39 is 23.7 Å². The van der Waals surface area contributed by atoms with E-state index in [0.29, 0.717) is 5.06 Å². The Morgan fingerprint density at radius 1 is 1.38 bits per heavy atom. The molecular formula is C9H18N2O5. The molecule has 16 heavy (non-hydrogen) atoms. The summed E-state index contributed by atoms with van der Waals surface area (Å²) in [6, 6.07) is -1.29. The van der Waals surface area contributed by atoms with Crippen molar-refractivity contribution in [3.05, 3.63) is 0 Å². The largest absolute Gasteiger partial charge is 0.480 e. The first-order chi connectivity index (χ1) is 7.19. The summed E-state index contributed by atoms with van der Waals surface area (Å²) in [4.78, 5) is 26.8. The van der Waals surface area contributed by atoms with Gasteiger partial charge in [0.25, 0.3) is 0 Å². The SMILES string of the molecule is CC(C)(C)ON(C(=O)O)[C@@H](CCN)C(=O)O. The van der Waals surface area contributed by atoms with Gasteiger partial charge in [-0.05, 0) is 33.7 Å². The van der Waals surface area contributed by atoms with Crippen molar-refractivity contribution in [1.29, 1.82) is 0 Å². The summed E-state index contributed by atoms with van der Waals surface area (Å²) >= 11 is 0. The first-order valence-corrected chi connectivity index (χ1v) is 4.83. The van der Waals surface area contributed by atoms with Crippen LogP contribution in [0.3, 0.4) is 0 Å². The van der Waals surface area contributed by atoms with Gasteiger partial charge in [-0.25, -0.2) is 9.59 Å². The molecule has 0 rings (SSSR count). The van der Waals surface area contributed by atoms with E-state index in [2.05, 4.69) is 0 Å². The minimum absolute atomic E-state index is 0.00227. The normalized spacial score (nSPS) is 13.2. The monoisotopic (exact) mass is 234 g/mol. The van der Waals surface area contributed by atoms with Crippen molar-refractivity contribution in [2.24, 2.45) is 5.73 Å². The Morgan fingerprint density at radius 3 is 2.12 bits per heavy atom. The molecular weight excluding hydrogens is 216 g/mol. The Kier molecular flexibility index (Phi) is 5.19. The highest BCUT2D eigenvalue weighted by molar-refractivity contribution is 5.78. The minimum atomic E-state index is -1.45. The van der Waals surface area contributed by atoms with E-state index in [1.165, 1.54) is 0 Å². The van der Waals surface area contributed by atoms with E-state index in [9.17, 15) is 9.59 Å². The van der Waals surface area contributed by atoms with Crippen molar-refractivity contribution < 1.29 is 24.6 Å². The van der Waals surface area contributed by atoms with Crippen molar-refractivity contribution in [1.82, 2.24) is 5.06 Å². The topological polar surface area (TPSA) is 113 Å². The standard InChI is InChI=1S/C9H18N2O5/c1-9(2,3)16-11(8(14)15)6(4-5-10)7(12)13/h6H,4-5,10H2,1-3H3,(H,12,13)(H,14,15)/t6-/m0/s1. The smallest absolute Gasteiger partial charge is 0.432 e. The Morgan fingerprint density at radius 2 is 1.88 bits per heavy atom. The van der Waals surface area contributed by atoms with Crippen LogP contribution in [0.1, 0.15) is 27.2 Å². The summed E-state index contributed by atoms with van der Waals surface area (Å²) in [7, 11) is 0. The van der Waals surface area contributed by atoms with Gasteiger partial charge in [0, 0.05) is 0 Å². The van der Waals surface area contributed by atoms with Crippen molar-refractivity contribution in [3.63, 3.8) is 0 Å². The first-order valence-electron chi connectivity index (χ1n) is 4.83. The predicted molar refractivity (Wildman–Crippen MR) is 55.8 cm³/mol. The van der Waals surface area contributed by atoms with Gasteiger partial charge in [-0.1, -0.05) is 0 Å². The molecule has 0 unspecified atom stereocenters. The summed E-state index contributed by atoms with van der Waals surface area (Å²) < 4.78 is 0. The Hall–Kier alpha value is -1.34. The van der Waals surface area contributed by atoms with Crippen LogP contribution in [-0.2, 0) is 9.63 Å². The van der Waals surface area contributed by atoms with Crippen LogP contribution in [0, 0.1) is 0 Å². The number of hydroxylamine groups is 2. The molecule has 0 heterocycles. The van der Waals surface area contributed by atoms with Gasteiger partial charge in [-0.15, -0.1) is 0 Å². The number of carboxylic acids is 1. The lowest BCUT2D eigenvalue weighted by atomic mass is 10.2. The van der Waals surface area contributed by atoms with Crippen LogP contribution < -0.4 is 5.73 Å². The Balaban J connectivity index is 4.85. The molecule has 0 aliphatic carbocycles. The average Bonchev–Trinajstić information content (AvgIpc) is 2.08. The molecule has 94 valence electrons. The van der Waals surface area contributed by atoms with Gasteiger partial charge in [-0.2, -0.15) is 5.06 Å². The van der Waals surface area contributed by atoms with E-state index in [4.69, 9.17) is 20.8 Å². The molecule has 0 saturated carbocycles. The number of carbonyl (C=O) groups is 2. The number of rotatable bonds is 5. The van der Waals surface area contributed by atoms with Crippen LogP contribution in [-0.4, -0.2) is 45.5 Å². The van der Waals surface area contributed by atoms with Crippen molar-refractivity contribution >= 4 is 12.1 Å². The highest BCUT2D eigenvalue weighted by Crippen LogP contribution is 2.15. The summed E-state index contributed by atoms with van der Waals surface area (Å²) in [5.74, 6) is -1.28. The number of carboxylic acid groups (broad SMARTS) is 2. The number of amides is 1. The van der Waals surface area contributed by atoms with E-state index in [-0.39, 0.29) is 13.0 Å². The molecule has 0 aliphatic heterocycles. The second kappa shape index (κ2) is 5.66. The lowest BCUT2D eigenvalue weighted by Gasteiger charge is -2.31. The molecule has 0 saturated heterocycles. The maximum atomic E-state index is 10.9. The molecule has 1 atom stereocenters. The fourth-order valence-electron chi connectivity index (χ4n) is 1.03. The summed E-state index contributed by atoms with van der Waals surface area (Å²) in [6.07, 6.45) is -1.45. The lowest BCUT2D eigenvalue weighted by molar-refractivity contribution is -0.226. The number of nitrogens with zero attached hydrogens (tertiary/aromatic N) is 1. The van der Waals surface area contributed by atoms with Crippen molar-refractivity contribution in [3.8, 4) is 0 Å². The van der Waals surface area contributed by atoms with Crippen LogP contribution in [0.2, 0.25) is 0 Å². The molecule has 4 N–H and O–H groups in total. The van der Waals surface area contributed by atoms with E-state index in [0.717, 1.165) is 0 Å². The highest BCUT2D eigenvalue weighted by Gasteiger charge is 2.33. The van der Waals surface area contributed by atoms with Crippen LogP contribution >= 0.6 is 0 Å². The van der Waals surface area contributed by atoms with Gasteiger partial charge < -0.3 is 15.9 Å². The van der Waals surface area contributed by atoms with Crippen LogP contribution in [0.5, 0.6) is 0 Å². The van der Waals surface area contributed by atoms with E-state index >= 15 is 0 Å². The summed E-state index contributed by atoms with van der Waals surface area (Å²) in [6.45, 7) is 4.95. The zero-order valence-electron chi connectivity index (χ0n) is 9.64. The van der Waals surface area contributed by atoms with Gasteiger partial charge in [0.2, 0.25) is 0 Å². The minimum Gasteiger partial charge on any atom is -0.480 e. The van der Waals surface area contributed by atoms with Crippen molar-refractivity contribution in [2.45, 2.75) is 38.8 Å². The third-order valence-corrected chi connectivity index (χ3v) is 1.57. The molecule has 0 bridgehead atoms. The lowest BCUT2D eigenvalue weighted by Crippen LogP contribution is -2.48. The Labute approximate surface area is 93.7 Å². The maximum Gasteiger partial charge on any atom is 0.432 e. The first kappa shape index (κ1) is 14.7. The van der Waals surface area contributed by atoms with E-state index in [1.807, 2.05) is 0 Å². The molecule has 7 heteroatoms. The zero-order chi connectivity index (χ0) is 12.9. The van der Waals surface area contributed by atoms with E-state index in [1.54, 1.807) is 20.8 Å². The number of hydrogen-bond acceptors (Lipinski definition) is 4. The fourth-order valence-corrected chi connectivity index (χ4v) is 1.03. The zero-order valence-corrected chi connectivity index (χ0v) is 9.64. The fraction of sp³-hybridized carbons (Fsp3) is 0.778. The molecule has 0 radical (unpaired) electrons. The van der Waals surface area contributed by atoms with Gasteiger partial charge in [0.1, 0.15) is 0 Å². The molecule has 0 aliphatic rings. The molecule has 0 spiro atoms. The number of nitrogens with two attached hydrogens (primary N) is 1. The number of aliphatic carboxylic acids is 1. The molecule has 0 fully saturated rings. The van der Waals surface area contributed by atoms with Crippen LogP contribution in [0.25, 0.3) is 0 Å². The van der Waals surface area contributed by atoms with Gasteiger partial charge in [-0.3, -0.25) is 4.84 Å². The van der Waals surface area contributed by atoms with Crippen LogP contribution in [0.4, 0.5) is 4.79 Å².